The lowest BCUT2D eigenvalue weighted by molar-refractivity contribution is -0.135. The molecule has 0 bridgehead atoms. The molecule has 0 aromatic carbocycles. The fourth-order valence-corrected chi connectivity index (χ4v) is 3.66. The Balaban J connectivity index is 1.86. The maximum Gasteiger partial charge on any atom is 0.240 e. The molecule has 0 aromatic rings. The molecule has 21 heavy (non-hydrogen) atoms. The Bertz CT molecular complexity index is 389. The van der Waals surface area contributed by atoms with Crippen LogP contribution in [0.4, 0.5) is 0 Å². The van der Waals surface area contributed by atoms with Crippen LogP contribution in [-0.2, 0) is 9.59 Å². The standard InChI is InChI=1S/C15H27N3O2S/c1-15(2,3)9-13(19)17-5-4-6-18(8-7-17)14(20)12-10-21-11-16-12/h12,16H,4-11H2,1-3H3. The summed E-state index contributed by atoms with van der Waals surface area (Å²) in [6.45, 7) is 9.12. The Morgan fingerprint density at radius 3 is 2.43 bits per heavy atom. The third-order valence-corrected chi connectivity index (χ3v) is 4.80. The summed E-state index contributed by atoms with van der Waals surface area (Å²) in [7, 11) is 0. The fraction of sp³-hybridized carbons (Fsp3) is 0.867. The number of carbonyl (C=O) groups excluding carboxylic acids is 2. The first-order valence-electron chi connectivity index (χ1n) is 7.74. The summed E-state index contributed by atoms with van der Waals surface area (Å²) in [5.41, 5.74) is 0.0177. The van der Waals surface area contributed by atoms with E-state index in [0.29, 0.717) is 19.5 Å². The summed E-state index contributed by atoms with van der Waals surface area (Å²) in [5.74, 6) is 2.14. The quantitative estimate of drug-likeness (QED) is 0.831. The van der Waals surface area contributed by atoms with Gasteiger partial charge in [0.1, 0.15) is 0 Å². The normalized spacial score (nSPS) is 24.0. The van der Waals surface area contributed by atoms with E-state index in [9.17, 15) is 9.59 Å². The highest BCUT2D eigenvalue weighted by Gasteiger charge is 2.30. The van der Waals surface area contributed by atoms with Crippen LogP contribution >= 0.6 is 11.8 Å². The smallest absolute Gasteiger partial charge is 0.240 e. The minimum atomic E-state index is -0.0353. The van der Waals surface area contributed by atoms with Gasteiger partial charge in [-0.15, -0.1) is 11.8 Å². The van der Waals surface area contributed by atoms with Crippen molar-refractivity contribution in [3.63, 3.8) is 0 Å². The maximum atomic E-state index is 12.4. The van der Waals surface area contributed by atoms with Gasteiger partial charge in [0, 0.05) is 44.2 Å². The third-order valence-electron chi connectivity index (χ3n) is 3.86. The molecule has 2 aliphatic rings. The topological polar surface area (TPSA) is 52.7 Å². The average Bonchev–Trinajstić information content (AvgIpc) is 2.80. The summed E-state index contributed by atoms with van der Waals surface area (Å²) >= 11 is 1.77. The van der Waals surface area contributed by atoms with E-state index in [-0.39, 0.29) is 23.3 Å². The Hall–Kier alpha value is -0.750. The molecule has 2 amide bonds. The molecule has 0 saturated carbocycles. The predicted molar refractivity (Wildman–Crippen MR) is 86.1 cm³/mol. The van der Waals surface area contributed by atoms with E-state index in [1.54, 1.807) is 11.8 Å². The van der Waals surface area contributed by atoms with Crippen molar-refractivity contribution in [1.29, 1.82) is 0 Å². The molecule has 0 spiro atoms. The van der Waals surface area contributed by atoms with E-state index in [4.69, 9.17) is 0 Å². The zero-order valence-electron chi connectivity index (χ0n) is 13.4. The minimum Gasteiger partial charge on any atom is -0.341 e. The second-order valence-electron chi connectivity index (χ2n) is 7.07. The van der Waals surface area contributed by atoms with Crippen LogP contribution in [0.1, 0.15) is 33.6 Å². The van der Waals surface area contributed by atoms with Crippen LogP contribution in [0.3, 0.4) is 0 Å². The molecule has 1 N–H and O–H groups in total. The van der Waals surface area contributed by atoms with Crippen molar-refractivity contribution in [3.05, 3.63) is 0 Å². The van der Waals surface area contributed by atoms with Crippen LogP contribution < -0.4 is 5.32 Å². The molecule has 2 saturated heterocycles. The third kappa shape index (κ3) is 4.88. The highest BCUT2D eigenvalue weighted by atomic mass is 32.2. The largest absolute Gasteiger partial charge is 0.341 e. The van der Waals surface area contributed by atoms with Gasteiger partial charge in [-0.05, 0) is 11.8 Å². The minimum absolute atomic E-state index is 0.0177. The number of carbonyl (C=O) groups is 2. The molecule has 1 unspecified atom stereocenters. The molecule has 2 aliphatic heterocycles. The molecule has 2 heterocycles. The Morgan fingerprint density at radius 1 is 1.14 bits per heavy atom. The fourth-order valence-electron chi connectivity index (χ4n) is 2.73. The lowest BCUT2D eigenvalue weighted by atomic mass is 9.91. The average molecular weight is 313 g/mol. The first-order chi connectivity index (χ1) is 9.87. The van der Waals surface area contributed by atoms with Crippen molar-refractivity contribution in [2.24, 2.45) is 5.41 Å². The Labute approximate surface area is 131 Å². The molecule has 0 aliphatic carbocycles. The molecular formula is C15H27N3O2S. The number of thioether (sulfide) groups is 1. The van der Waals surface area contributed by atoms with Gasteiger partial charge in [0.05, 0.1) is 6.04 Å². The van der Waals surface area contributed by atoms with Gasteiger partial charge in [-0.3, -0.25) is 14.9 Å². The van der Waals surface area contributed by atoms with Crippen molar-refractivity contribution in [2.45, 2.75) is 39.7 Å². The summed E-state index contributed by atoms with van der Waals surface area (Å²) < 4.78 is 0. The number of amides is 2. The Morgan fingerprint density at radius 2 is 1.81 bits per heavy atom. The highest BCUT2D eigenvalue weighted by molar-refractivity contribution is 7.99. The molecule has 0 aromatic heterocycles. The van der Waals surface area contributed by atoms with Crippen molar-refractivity contribution in [2.75, 3.05) is 37.8 Å². The summed E-state index contributed by atoms with van der Waals surface area (Å²) in [5, 5.41) is 3.23. The van der Waals surface area contributed by atoms with E-state index in [2.05, 4.69) is 26.1 Å². The van der Waals surface area contributed by atoms with Crippen LogP contribution in [-0.4, -0.2) is 65.5 Å². The molecule has 2 fully saturated rings. The maximum absolute atomic E-state index is 12.4. The molecule has 6 heteroatoms. The summed E-state index contributed by atoms with van der Waals surface area (Å²) in [6.07, 6.45) is 1.45. The van der Waals surface area contributed by atoms with Gasteiger partial charge < -0.3 is 9.80 Å². The van der Waals surface area contributed by atoms with Crippen molar-refractivity contribution >= 4 is 23.6 Å². The monoisotopic (exact) mass is 313 g/mol. The predicted octanol–water partition coefficient (Wildman–Crippen LogP) is 1.15. The van der Waals surface area contributed by atoms with Crippen molar-refractivity contribution in [1.82, 2.24) is 15.1 Å². The number of nitrogens with zero attached hydrogens (tertiary/aromatic N) is 2. The van der Waals surface area contributed by atoms with Crippen LogP contribution in [0.2, 0.25) is 0 Å². The molecule has 0 radical (unpaired) electrons. The first-order valence-corrected chi connectivity index (χ1v) is 8.90. The zero-order chi connectivity index (χ0) is 15.5. The molecule has 2 rings (SSSR count). The number of rotatable bonds is 2. The van der Waals surface area contributed by atoms with Crippen LogP contribution in [0.15, 0.2) is 0 Å². The van der Waals surface area contributed by atoms with Crippen molar-refractivity contribution < 1.29 is 9.59 Å². The zero-order valence-corrected chi connectivity index (χ0v) is 14.2. The lowest BCUT2D eigenvalue weighted by Crippen LogP contribution is -2.46. The number of nitrogens with one attached hydrogen (secondary N) is 1. The number of hydrogen-bond acceptors (Lipinski definition) is 4. The van der Waals surface area contributed by atoms with Gasteiger partial charge >= 0.3 is 0 Å². The van der Waals surface area contributed by atoms with E-state index in [0.717, 1.165) is 31.1 Å². The van der Waals surface area contributed by atoms with Gasteiger partial charge in [0.15, 0.2) is 0 Å². The van der Waals surface area contributed by atoms with E-state index in [1.165, 1.54) is 0 Å². The van der Waals surface area contributed by atoms with Crippen LogP contribution in [0, 0.1) is 5.41 Å². The van der Waals surface area contributed by atoms with Gasteiger partial charge in [-0.25, -0.2) is 0 Å². The lowest BCUT2D eigenvalue weighted by Gasteiger charge is -2.26. The van der Waals surface area contributed by atoms with E-state index < -0.39 is 0 Å². The van der Waals surface area contributed by atoms with Crippen LogP contribution in [0.25, 0.3) is 0 Å². The van der Waals surface area contributed by atoms with E-state index in [1.807, 2.05) is 9.80 Å². The van der Waals surface area contributed by atoms with Gasteiger partial charge in [-0.2, -0.15) is 0 Å². The Kier molecular flexibility index (Phi) is 5.54. The SMILES string of the molecule is CC(C)(C)CC(=O)N1CCCN(C(=O)C2CSCN2)CC1. The molecule has 5 nitrogen and oxygen atoms in total. The van der Waals surface area contributed by atoms with E-state index >= 15 is 0 Å². The second-order valence-corrected chi connectivity index (χ2v) is 8.10. The first kappa shape index (κ1) is 16.6. The summed E-state index contributed by atoms with van der Waals surface area (Å²) in [6, 6.07) is -0.0353. The molecule has 1 atom stereocenters. The van der Waals surface area contributed by atoms with Crippen LogP contribution in [0.5, 0.6) is 0 Å². The molecular weight excluding hydrogens is 286 g/mol. The number of hydrogen-bond donors (Lipinski definition) is 1. The highest BCUT2D eigenvalue weighted by Crippen LogP contribution is 2.20. The van der Waals surface area contributed by atoms with Gasteiger partial charge in [-0.1, -0.05) is 20.8 Å². The van der Waals surface area contributed by atoms with Crippen molar-refractivity contribution in [3.8, 4) is 0 Å². The van der Waals surface area contributed by atoms with Gasteiger partial charge in [0.25, 0.3) is 0 Å². The summed E-state index contributed by atoms with van der Waals surface area (Å²) in [4.78, 5) is 28.6. The second kappa shape index (κ2) is 7.01. The van der Waals surface area contributed by atoms with Gasteiger partial charge in [0.2, 0.25) is 11.8 Å². The molecule has 120 valence electrons.